The molecule has 2 aromatic rings. The molecule has 0 saturated carbocycles. The van der Waals surface area contributed by atoms with E-state index in [1.807, 2.05) is 38.1 Å². The van der Waals surface area contributed by atoms with Gasteiger partial charge in [-0.3, -0.25) is 4.79 Å². The molecule has 0 aliphatic heterocycles. The maximum Gasteiger partial charge on any atom is 0.261 e. The first-order chi connectivity index (χ1) is 12.0. The minimum Gasteiger partial charge on any atom is -0.481 e. The molecule has 3 heteroatoms. The van der Waals surface area contributed by atoms with Crippen molar-refractivity contribution < 1.29 is 9.53 Å². The Labute approximate surface area is 151 Å². The molecule has 0 aromatic heterocycles. The Bertz CT molecular complexity index is 677. The summed E-state index contributed by atoms with van der Waals surface area (Å²) in [5.41, 5.74) is 3.69. The van der Waals surface area contributed by atoms with Crippen molar-refractivity contribution >= 4 is 5.91 Å². The highest BCUT2D eigenvalue weighted by Gasteiger charge is 2.17. The van der Waals surface area contributed by atoms with E-state index in [0.29, 0.717) is 18.9 Å². The van der Waals surface area contributed by atoms with Gasteiger partial charge in [-0.05, 0) is 54.5 Å². The summed E-state index contributed by atoms with van der Waals surface area (Å²) >= 11 is 0. The summed E-state index contributed by atoms with van der Waals surface area (Å²) in [5.74, 6) is 1.23. The highest BCUT2D eigenvalue weighted by Crippen LogP contribution is 2.16. The van der Waals surface area contributed by atoms with E-state index < -0.39 is 6.10 Å². The minimum atomic E-state index is -0.454. The van der Waals surface area contributed by atoms with Crippen LogP contribution < -0.4 is 10.1 Å². The Hall–Kier alpha value is -2.29. The van der Waals surface area contributed by atoms with Gasteiger partial charge < -0.3 is 10.1 Å². The van der Waals surface area contributed by atoms with Gasteiger partial charge in [-0.15, -0.1) is 0 Å². The van der Waals surface area contributed by atoms with Gasteiger partial charge >= 0.3 is 0 Å². The molecule has 0 aliphatic rings. The van der Waals surface area contributed by atoms with E-state index in [4.69, 9.17) is 4.74 Å². The Morgan fingerprint density at radius 1 is 1.12 bits per heavy atom. The number of aryl methyl sites for hydroxylation is 1. The van der Waals surface area contributed by atoms with Crippen molar-refractivity contribution in [2.45, 2.75) is 52.6 Å². The maximum atomic E-state index is 12.4. The second kappa shape index (κ2) is 9.26. The number of carbonyl (C=O) groups excluding carboxylic acids is 1. The van der Waals surface area contributed by atoms with Crippen LogP contribution in [0.15, 0.2) is 48.5 Å². The molecule has 0 spiro atoms. The van der Waals surface area contributed by atoms with Crippen LogP contribution in [0.3, 0.4) is 0 Å². The third-order valence-electron chi connectivity index (χ3n) is 4.29. The number of rotatable bonds is 8. The van der Waals surface area contributed by atoms with Gasteiger partial charge in [0.15, 0.2) is 6.10 Å². The second-order valence-electron chi connectivity index (χ2n) is 6.77. The van der Waals surface area contributed by atoms with Crippen LogP contribution in [0.5, 0.6) is 5.75 Å². The van der Waals surface area contributed by atoms with Gasteiger partial charge in [-0.1, -0.05) is 57.2 Å². The number of hydrogen-bond acceptors (Lipinski definition) is 2. The molecule has 134 valence electrons. The molecule has 0 fully saturated rings. The summed E-state index contributed by atoms with van der Waals surface area (Å²) in [6, 6.07) is 16.4. The smallest absolute Gasteiger partial charge is 0.261 e. The van der Waals surface area contributed by atoms with E-state index in [0.717, 1.165) is 17.7 Å². The molecular weight excluding hydrogens is 310 g/mol. The van der Waals surface area contributed by atoms with Crippen LogP contribution in [0.25, 0.3) is 0 Å². The monoisotopic (exact) mass is 339 g/mol. The third kappa shape index (κ3) is 5.93. The SMILES string of the molecule is CC[C@@H](Oc1cccc(C)c1)C(=O)NCCc1ccc(C(C)C)cc1. The van der Waals surface area contributed by atoms with E-state index in [1.165, 1.54) is 11.1 Å². The molecule has 0 radical (unpaired) electrons. The summed E-state index contributed by atoms with van der Waals surface area (Å²) in [6.07, 6.45) is 1.01. The van der Waals surface area contributed by atoms with Crippen molar-refractivity contribution in [3.05, 3.63) is 65.2 Å². The number of hydrogen-bond donors (Lipinski definition) is 1. The van der Waals surface area contributed by atoms with Crippen molar-refractivity contribution in [3.63, 3.8) is 0 Å². The average molecular weight is 339 g/mol. The van der Waals surface area contributed by atoms with E-state index >= 15 is 0 Å². The summed E-state index contributed by atoms with van der Waals surface area (Å²) < 4.78 is 5.84. The summed E-state index contributed by atoms with van der Waals surface area (Å²) in [4.78, 5) is 12.4. The Balaban J connectivity index is 1.83. The first-order valence-electron chi connectivity index (χ1n) is 9.09. The standard InChI is InChI=1S/C22H29NO2/c1-5-21(25-20-8-6-7-17(4)15-20)22(24)23-14-13-18-9-11-19(12-10-18)16(2)3/h6-12,15-16,21H,5,13-14H2,1-4H3,(H,23,24)/t21-/m1/s1. The van der Waals surface area contributed by atoms with E-state index in [9.17, 15) is 4.79 Å². The second-order valence-corrected chi connectivity index (χ2v) is 6.77. The Morgan fingerprint density at radius 3 is 2.44 bits per heavy atom. The quantitative estimate of drug-likeness (QED) is 0.761. The number of benzene rings is 2. The first kappa shape index (κ1) is 19.0. The fourth-order valence-corrected chi connectivity index (χ4v) is 2.69. The molecular formula is C22H29NO2. The van der Waals surface area contributed by atoms with Crippen LogP contribution in [0.2, 0.25) is 0 Å². The van der Waals surface area contributed by atoms with Crippen LogP contribution in [0.1, 0.15) is 49.8 Å². The highest BCUT2D eigenvalue weighted by molar-refractivity contribution is 5.81. The fraction of sp³-hybridized carbons (Fsp3) is 0.409. The summed E-state index contributed by atoms with van der Waals surface area (Å²) in [6.45, 7) is 8.97. The molecule has 0 heterocycles. The lowest BCUT2D eigenvalue weighted by Gasteiger charge is -2.17. The number of nitrogens with one attached hydrogen (secondary N) is 1. The fourth-order valence-electron chi connectivity index (χ4n) is 2.69. The molecule has 1 amide bonds. The van der Waals surface area contributed by atoms with Crippen LogP contribution in [-0.4, -0.2) is 18.6 Å². The molecule has 2 aromatic carbocycles. The minimum absolute atomic E-state index is 0.0530. The number of ether oxygens (including phenoxy) is 1. The lowest BCUT2D eigenvalue weighted by Crippen LogP contribution is -2.38. The lowest BCUT2D eigenvalue weighted by atomic mass is 10.0. The first-order valence-corrected chi connectivity index (χ1v) is 9.09. The van der Waals surface area contributed by atoms with Crippen LogP contribution >= 0.6 is 0 Å². The molecule has 1 atom stereocenters. The van der Waals surface area contributed by atoms with Crippen LogP contribution in [-0.2, 0) is 11.2 Å². The third-order valence-corrected chi connectivity index (χ3v) is 4.29. The zero-order valence-electron chi connectivity index (χ0n) is 15.7. The zero-order chi connectivity index (χ0) is 18.2. The molecule has 25 heavy (non-hydrogen) atoms. The predicted octanol–water partition coefficient (Wildman–Crippen LogP) is 4.63. The molecule has 1 N–H and O–H groups in total. The summed E-state index contributed by atoms with van der Waals surface area (Å²) in [7, 11) is 0. The van der Waals surface area contributed by atoms with Gasteiger partial charge in [0, 0.05) is 6.54 Å². The van der Waals surface area contributed by atoms with Crippen molar-refractivity contribution in [1.29, 1.82) is 0 Å². The van der Waals surface area contributed by atoms with Gasteiger partial charge in [0.25, 0.3) is 5.91 Å². The van der Waals surface area contributed by atoms with Gasteiger partial charge in [0.1, 0.15) is 5.75 Å². The normalized spacial score (nSPS) is 12.0. The van der Waals surface area contributed by atoms with Gasteiger partial charge in [-0.2, -0.15) is 0 Å². The molecule has 0 bridgehead atoms. The van der Waals surface area contributed by atoms with Crippen LogP contribution in [0.4, 0.5) is 0 Å². The average Bonchev–Trinajstić information content (AvgIpc) is 2.60. The van der Waals surface area contributed by atoms with Crippen LogP contribution in [0, 0.1) is 6.92 Å². The lowest BCUT2D eigenvalue weighted by molar-refractivity contribution is -0.128. The molecule has 0 aliphatic carbocycles. The van der Waals surface area contributed by atoms with Crippen molar-refractivity contribution in [2.75, 3.05) is 6.54 Å². The van der Waals surface area contributed by atoms with Crippen molar-refractivity contribution in [3.8, 4) is 5.75 Å². The number of amides is 1. The highest BCUT2D eigenvalue weighted by atomic mass is 16.5. The van der Waals surface area contributed by atoms with E-state index in [-0.39, 0.29) is 5.91 Å². The molecule has 0 saturated heterocycles. The topological polar surface area (TPSA) is 38.3 Å². The van der Waals surface area contributed by atoms with Crippen molar-refractivity contribution in [2.24, 2.45) is 0 Å². The molecule has 0 unspecified atom stereocenters. The van der Waals surface area contributed by atoms with Gasteiger partial charge in [0.2, 0.25) is 0 Å². The van der Waals surface area contributed by atoms with Gasteiger partial charge in [0.05, 0.1) is 0 Å². The zero-order valence-corrected chi connectivity index (χ0v) is 15.7. The molecule has 3 nitrogen and oxygen atoms in total. The summed E-state index contributed by atoms with van der Waals surface area (Å²) in [5, 5.41) is 2.99. The van der Waals surface area contributed by atoms with E-state index in [2.05, 4.69) is 43.4 Å². The maximum absolute atomic E-state index is 12.4. The largest absolute Gasteiger partial charge is 0.481 e. The van der Waals surface area contributed by atoms with Crippen molar-refractivity contribution in [1.82, 2.24) is 5.32 Å². The Kier molecular flexibility index (Phi) is 7.05. The van der Waals surface area contributed by atoms with Gasteiger partial charge in [-0.25, -0.2) is 0 Å². The number of carbonyl (C=O) groups is 1. The molecule has 2 rings (SSSR count). The predicted molar refractivity (Wildman–Crippen MR) is 103 cm³/mol. The Morgan fingerprint density at radius 2 is 1.84 bits per heavy atom. The van der Waals surface area contributed by atoms with E-state index in [1.54, 1.807) is 0 Å².